The minimum absolute atomic E-state index is 0.234. The van der Waals surface area contributed by atoms with E-state index in [4.69, 9.17) is 9.47 Å². The van der Waals surface area contributed by atoms with E-state index in [1.165, 1.54) is 0 Å². The van der Waals surface area contributed by atoms with E-state index < -0.39 is 5.91 Å². The van der Waals surface area contributed by atoms with Crippen molar-refractivity contribution in [1.82, 2.24) is 4.90 Å². The van der Waals surface area contributed by atoms with E-state index in [2.05, 4.69) is 60.3 Å². The maximum Gasteiger partial charge on any atom is 0.227 e. The predicted molar refractivity (Wildman–Crippen MR) is 73.0 cm³/mol. The lowest BCUT2D eigenvalue weighted by Crippen LogP contribution is -2.56. The van der Waals surface area contributed by atoms with Crippen LogP contribution in [0.4, 0.5) is 0 Å². The second-order valence-electron chi connectivity index (χ2n) is 6.50. The summed E-state index contributed by atoms with van der Waals surface area (Å²) in [5.41, 5.74) is -0.467. The Kier molecular flexibility index (Phi) is 5.64. The molecule has 0 N–H and O–H groups in total. The first-order valence-electron chi connectivity index (χ1n) is 6.59. The third kappa shape index (κ3) is 6.39. The van der Waals surface area contributed by atoms with E-state index in [1.54, 1.807) is 0 Å². The molecule has 0 aliphatic rings. The van der Waals surface area contributed by atoms with Gasteiger partial charge in [0.1, 0.15) is 0 Å². The van der Waals surface area contributed by atoms with Gasteiger partial charge < -0.3 is 9.47 Å². The predicted octanol–water partition coefficient (Wildman–Crippen LogP) is 3.63. The molecule has 0 saturated carbocycles. The molecular weight excluding hydrogens is 214 g/mol. The molecule has 0 radical (unpaired) electrons. The van der Waals surface area contributed by atoms with Crippen molar-refractivity contribution in [2.45, 2.75) is 79.4 Å². The van der Waals surface area contributed by atoms with Crippen LogP contribution < -0.4 is 0 Å². The van der Waals surface area contributed by atoms with Crippen molar-refractivity contribution >= 4 is 0 Å². The Morgan fingerprint density at radius 1 is 0.706 bits per heavy atom. The molecule has 0 fully saturated rings. The second kappa shape index (κ2) is 5.68. The summed E-state index contributed by atoms with van der Waals surface area (Å²) in [6.07, 6.45) is 0. The largest absolute Gasteiger partial charge is 0.332 e. The molecule has 0 unspecified atom stereocenters. The minimum Gasteiger partial charge on any atom is -0.332 e. The molecule has 0 saturated heterocycles. The van der Waals surface area contributed by atoms with Gasteiger partial charge in [-0.1, -0.05) is 13.8 Å². The summed E-state index contributed by atoms with van der Waals surface area (Å²) in [6.45, 7) is 20.4. The van der Waals surface area contributed by atoms with Crippen LogP contribution in [0, 0.1) is 0 Å². The highest BCUT2D eigenvalue weighted by Gasteiger charge is 2.39. The molecule has 0 aromatic carbocycles. The summed E-state index contributed by atoms with van der Waals surface area (Å²) >= 11 is 0. The van der Waals surface area contributed by atoms with E-state index in [0.717, 1.165) is 13.1 Å². The van der Waals surface area contributed by atoms with Gasteiger partial charge in [-0.25, -0.2) is 0 Å². The average Bonchev–Trinajstić information content (AvgIpc) is 1.97. The van der Waals surface area contributed by atoms with Gasteiger partial charge in [-0.05, 0) is 41.5 Å². The molecule has 0 bridgehead atoms. The monoisotopic (exact) mass is 245 g/mol. The quantitative estimate of drug-likeness (QED) is 0.690. The zero-order valence-electron chi connectivity index (χ0n) is 13.2. The normalized spacial score (nSPS) is 14.5. The van der Waals surface area contributed by atoms with Crippen molar-refractivity contribution in [2.75, 3.05) is 13.1 Å². The van der Waals surface area contributed by atoms with Crippen LogP contribution in [-0.2, 0) is 9.47 Å². The van der Waals surface area contributed by atoms with Gasteiger partial charge in [0.05, 0.1) is 11.2 Å². The van der Waals surface area contributed by atoms with Crippen molar-refractivity contribution in [3.05, 3.63) is 0 Å². The Morgan fingerprint density at radius 3 is 1.18 bits per heavy atom. The van der Waals surface area contributed by atoms with Crippen molar-refractivity contribution in [3.63, 3.8) is 0 Å². The van der Waals surface area contributed by atoms with Crippen LogP contribution in [-0.4, -0.2) is 35.1 Å². The second-order valence-corrected chi connectivity index (χ2v) is 6.50. The molecule has 3 heteroatoms. The van der Waals surface area contributed by atoms with E-state index in [0.29, 0.717) is 0 Å². The Morgan fingerprint density at radius 2 is 1.00 bits per heavy atom. The first kappa shape index (κ1) is 16.9. The zero-order chi connectivity index (χ0) is 13.9. The molecule has 3 nitrogen and oxygen atoms in total. The number of ether oxygens (including phenoxy) is 2. The third-order valence-corrected chi connectivity index (χ3v) is 2.33. The van der Waals surface area contributed by atoms with Crippen molar-refractivity contribution < 1.29 is 9.47 Å². The molecule has 17 heavy (non-hydrogen) atoms. The minimum atomic E-state index is -0.681. The van der Waals surface area contributed by atoms with Crippen molar-refractivity contribution in [1.29, 1.82) is 0 Å². The number of hydrogen-bond acceptors (Lipinski definition) is 3. The van der Waals surface area contributed by atoms with Crippen LogP contribution in [0.2, 0.25) is 0 Å². The summed E-state index contributed by atoms with van der Waals surface area (Å²) in [5, 5.41) is 0. The van der Waals surface area contributed by atoms with Crippen LogP contribution in [0.5, 0.6) is 0 Å². The Hall–Kier alpha value is -0.120. The SMILES string of the molecule is CCN(CC)C(C)(OC(C)(C)C)OC(C)(C)C. The van der Waals surface area contributed by atoms with E-state index in [-0.39, 0.29) is 11.2 Å². The number of rotatable bonds is 5. The molecule has 0 aliphatic heterocycles. The van der Waals surface area contributed by atoms with Gasteiger partial charge in [0.25, 0.3) is 0 Å². The van der Waals surface area contributed by atoms with Crippen LogP contribution in [0.1, 0.15) is 62.3 Å². The van der Waals surface area contributed by atoms with Crippen LogP contribution in [0.3, 0.4) is 0 Å². The average molecular weight is 245 g/mol. The fourth-order valence-electron chi connectivity index (χ4n) is 2.08. The van der Waals surface area contributed by atoms with Gasteiger partial charge >= 0.3 is 0 Å². The highest BCUT2D eigenvalue weighted by Crippen LogP contribution is 2.29. The first-order chi connectivity index (χ1) is 7.43. The fourth-order valence-corrected chi connectivity index (χ4v) is 2.08. The molecule has 0 aromatic heterocycles. The lowest BCUT2D eigenvalue weighted by molar-refractivity contribution is -0.364. The molecular formula is C14H31NO2. The van der Waals surface area contributed by atoms with Gasteiger partial charge in [-0.3, -0.25) is 4.90 Å². The summed E-state index contributed by atoms with van der Waals surface area (Å²) in [6, 6.07) is 0. The lowest BCUT2D eigenvalue weighted by Gasteiger charge is -2.46. The van der Waals surface area contributed by atoms with Crippen LogP contribution >= 0.6 is 0 Å². The summed E-state index contributed by atoms with van der Waals surface area (Å²) in [5.74, 6) is -0.681. The van der Waals surface area contributed by atoms with E-state index >= 15 is 0 Å². The lowest BCUT2D eigenvalue weighted by atomic mass is 10.1. The molecule has 0 aromatic rings. The van der Waals surface area contributed by atoms with Crippen molar-refractivity contribution in [2.24, 2.45) is 0 Å². The molecule has 0 amide bonds. The summed E-state index contributed by atoms with van der Waals surface area (Å²) < 4.78 is 12.3. The van der Waals surface area contributed by atoms with Crippen LogP contribution in [0.15, 0.2) is 0 Å². The van der Waals surface area contributed by atoms with Gasteiger partial charge in [0, 0.05) is 20.0 Å². The number of hydrogen-bond donors (Lipinski definition) is 0. The standard InChI is InChI=1S/C14H31NO2/c1-10-15(11-2)14(9,16-12(3,4)5)17-13(6,7)8/h10-11H2,1-9H3. The number of nitrogens with zero attached hydrogens (tertiary/aromatic N) is 1. The molecule has 0 rings (SSSR count). The van der Waals surface area contributed by atoms with E-state index in [1.807, 2.05) is 6.92 Å². The molecule has 104 valence electrons. The highest BCUT2D eigenvalue weighted by atomic mass is 16.7. The van der Waals surface area contributed by atoms with Gasteiger partial charge in [-0.15, -0.1) is 0 Å². The fraction of sp³-hybridized carbons (Fsp3) is 1.00. The highest BCUT2D eigenvalue weighted by molar-refractivity contribution is 4.75. The van der Waals surface area contributed by atoms with Gasteiger partial charge in [-0.2, -0.15) is 0 Å². The smallest absolute Gasteiger partial charge is 0.227 e. The van der Waals surface area contributed by atoms with Gasteiger partial charge in [0.15, 0.2) is 0 Å². The van der Waals surface area contributed by atoms with Crippen molar-refractivity contribution in [3.8, 4) is 0 Å². The maximum absolute atomic E-state index is 6.15. The third-order valence-electron chi connectivity index (χ3n) is 2.33. The molecule has 0 aliphatic carbocycles. The van der Waals surface area contributed by atoms with E-state index in [9.17, 15) is 0 Å². The Labute approximate surface area is 107 Å². The Bertz CT molecular complexity index is 205. The maximum atomic E-state index is 6.15. The topological polar surface area (TPSA) is 21.7 Å². The van der Waals surface area contributed by atoms with Gasteiger partial charge in [0.2, 0.25) is 5.91 Å². The molecule has 0 spiro atoms. The molecule has 0 atom stereocenters. The Balaban J connectivity index is 5.06. The summed E-state index contributed by atoms with van der Waals surface area (Å²) in [7, 11) is 0. The first-order valence-corrected chi connectivity index (χ1v) is 6.59. The zero-order valence-corrected chi connectivity index (χ0v) is 13.2. The summed E-state index contributed by atoms with van der Waals surface area (Å²) in [4.78, 5) is 2.20. The molecule has 0 heterocycles. The van der Waals surface area contributed by atoms with Crippen LogP contribution in [0.25, 0.3) is 0 Å².